The van der Waals surface area contributed by atoms with Crippen LogP contribution in [0.25, 0.3) is 0 Å². The van der Waals surface area contributed by atoms with Crippen molar-refractivity contribution in [2.45, 2.75) is 95.9 Å². The van der Waals surface area contributed by atoms with Crippen LogP contribution < -0.4 is 0 Å². The van der Waals surface area contributed by atoms with Gasteiger partial charge in [-0.1, -0.05) is 95.9 Å². The summed E-state index contributed by atoms with van der Waals surface area (Å²) in [6, 6.07) is 0. The molecule has 142 valence electrons. The second-order valence-corrected chi connectivity index (χ2v) is 4.47. The molecule has 0 bridgehead atoms. The first-order chi connectivity index (χ1) is 10.6. The zero-order valence-electron chi connectivity index (χ0n) is 18.6. The summed E-state index contributed by atoms with van der Waals surface area (Å²) in [5.74, 6) is 0. The Morgan fingerprint density at radius 1 is 0.409 bits per heavy atom. The Kier molecular flexibility index (Phi) is 65.3. The molecule has 0 N–H and O–H groups in total. The standard InChI is InChI=1S/C10H24N2.2C3H8.2C2H6/c1-5-11(6-2)9-10-12(7-3)8-4;2*1-3-2;2*1-2/h5-10H2,1-4H3;2*3H2,1-2H3;2*1-2H3. The van der Waals surface area contributed by atoms with Crippen LogP contribution in [0.3, 0.4) is 0 Å². The fourth-order valence-electron chi connectivity index (χ4n) is 1.36. The van der Waals surface area contributed by atoms with Crippen LogP contribution in [0.1, 0.15) is 95.9 Å². The summed E-state index contributed by atoms with van der Waals surface area (Å²) in [6.07, 6.45) is 2.50. The van der Waals surface area contributed by atoms with Crippen molar-refractivity contribution >= 4 is 0 Å². The Bertz CT molecular complexity index is 94.3. The normalized spacial score (nSPS) is 8.45. The van der Waals surface area contributed by atoms with E-state index in [0.717, 1.165) is 0 Å². The van der Waals surface area contributed by atoms with Crippen molar-refractivity contribution < 1.29 is 0 Å². The van der Waals surface area contributed by atoms with E-state index in [1.54, 1.807) is 0 Å². The zero-order valence-corrected chi connectivity index (χ0v) is 18.6. The summed E-state index contributed by atoms with van der Waals surface area (Å²) >= 11 is 0. The van der Waals surface area contributed by atoms with Gasteiger partial charge in [-0.3, -0.25) is 0 Å². The van der Waals surface area contributed by atoms with Crippen LogP contribution in [0.2, 0.25) is 0 Å². The lowest BCUT2D eigenvalue weighted by Crippen LogP contribution is -2.34. The van der Waals surface area contributed by atoms with Crippen LogP contribution >= 0.6 is 0 Å². The van der Waals surface area contributed by atoms with Crippen LogP contribution in [-0.2, 0) is 0 Å². The first kappa shape index (κ1) is 33.5. The summed E-state index contributed by atoms with van der Waals surface area (Å²) in [5.41, 5.74) is 0. The molecule has 22 heavy (non-hydrogen) atoms. The third-order valence-electron chi connectivity index (χ3n) is 2.52. The molecule has 0 saturated heterocycles. The largest absolute Gasteiger partial charge is 0.303 e. The lowest BCUT2D eigenvalue weighted by atomic mass is 10.4. The maximum absolute atomic E-state index is 2.47. The quantitative estimate of drug-likeness (QED) is 0.524. The fourth-order valence-corrected chi connectivity index (χ4v) is 1.36. The number of likely N-dealkylation sites (N-methyl/N-ethyl adjacent to an activating group) is 2. The second kappa shape index (κ2) is 42.8. The van der Waals surface area contributed by atoms with Crippen molar-refractivity contribution in [3.8, 4) is 0 Å². The van der Waals surface area contributed by atoms with Gasteiger partial charge in [-0.2, -0.15) is 0 Å². The van der Waals surface area contributed by atoms with Crippen molar-refractivity contribution in [1.29, 1.82) is 0 Å². The van der Waals surface area contributed by atoms with E-state index >= 15 is 0 Å². The Morgan fingerprint density at radius 3 is 0.636 bits per heavy atom. The molecule has 0 fully saturated rings. The molecule has 0 atom stereocenters. The molecule has 2 heteroatoms. The number of rotatable bonds is 7. The number of hydrogen-bond donors (Lipinski definition) is 0. The van der Waals surface area contributed by atoms with Crippen LogP contribution in [0.5, 0.6) is 0 Å². The molecule has 0 saturated carbocycles. The van der Waals surface area contributed by atoms with Gasteiger partial charge in [0.15, 0.2) is 0 Å². The lowest BCUT2D eigenvalue weighted by molar-refractivity contribution is 0.227. The zero-order chi connectivity index (χ0) is 18.8. The highest BCUT2D eigenvalue weighted by molar-refractivity contribution is 4.58. The van der Waals surface area contributed by atoms with Gasteiger partial charge in [0.25, 0.3) is 0 Å². The average Bonchev–Trinajstić information content (AvgIpc) is 2.57. The van der Waals surface area contributed by atoms with E-state index in [4.69, 9.17) is 0 Å². The molecule has 0 radical (unpaired) electrons. The van der Waals surface area contributed by atoms with Crippen molar-refractivity contribution in [2.24, 2.45) is 0 Å². The van der Waals surface area contributed by atoms with E-state index in [1.165, 1.54) is 52.1 Å². The van der Waals surface area contributed by atoms with Gasteiger partial charge >= 0.3 is 0 Å². The Morgan fingerprint density at radius 2 is 0.545 bits per heavy atom. The van der Waals surface area contributed by atoms with E-state index in [1.807, 2.05) is 27.7 Å². The van der Waals surface area contributed by atoms with E-state index in [0.29, 0.717) is 0 Å². The summed E-state index contributed by atoms with van der Waals surface area (Å²) in [6.45, 7) is 32.6. The summed E-state index contributed by atoms with van der Waals surface area (Å²) < 4.78 is 0. The van der Waals surface area contributed by atoms with Crippen LogP contribution in [0, 0.1) is 0 Å². The van der Waals surface area contributed by atoms with Gasteiger partial charge in [0.2, 0.25) is 0 Å². The van der Waals surface area contributed by atoms with Gasteiger partial charge in [-0.05, 0) is 26.2 Å². The second-order valence-electron chi connectivity index (χ2n) is 4.47. The van der Waals surface area contributed by atoms with Gasteiger partial charge in [0, 0.05) is 13.1 Å². The first-order valence-electron chi connectivity index (χ1n) is 10.1. The third kappa shape index (κ3) is 42.7. The fraction of sp³-hybridized carbons (Fsp3) is 1.00. The molecule has 0 spiro atoms. The Hall–Kier alpha value is -0.0800. The minimum absolute atomic E-state index is 1.18. The smallest absolute Gasteiger partial charge is 0.0109 e. The third-order valence-corrected chi connectivity index (χ3v) is 2.52. The molecule has 0 aromatic rings. The van der Waals surface area contributed by atoms with Gasteiger partial charge in [0.1, 0.15) is 0 Å². The highest BCUT2D eigenvalue weighted by atomic mass is 15.2. The molecule has 0 heterocycles. The van der Waals surface area contributed by atoms with Crippen molar-refractivity contribution in [2.75, 3.05) is 39.3 Å². The van der Waals surface area contributed by atoms with Crippen molar-refractivity contribution in [3.63, 3.8) is 0 Å². The topological polar surface area (TPSA) is 6.48 Å². The van der Waals surface area contributed by atoms with Crippen LogP contribution in [0.15, 0.2) is 0 Å². The van der Waals surface area contributed by atoms with Crippen molar-refractivity contribution in [1.82, 2.24) is 9.80 Å². The minimum Gasteiger partial charge on any atom is -0.303 e. The predicted molar refractivity (Wildman–Crippen MR) is 110 cm³/mol. The van der Waals surface area contributed by atoms with Gasteiger partial charge < -0.3 is 9.80 Å². The monoisotopic (exact) mass is 320 g/mol. The van der Waals surface area contributed by atoms with Gasteiger partial charge in [-0.15, -0.1) is 0 Å². The van der Waals surface area contributed by atoms with E-state index in [9.17, 15) is 0 Å². The molecule has 0 aliphatic carbocycles. The molecule has 2 nitrogen and oxygen atoms in total. The Balaban J connectivity index is -0.0000000799. The molecular formula is C20H52N2. The SMILES string of the molecule is CC.CC.CCC.CCC.CCN(CC)CCN(CC)CC. The maximum Gasteiger partial charge on any atom is 0.0109 e. The molecule has 0 amide bonds. The molecule has 0 rings (SSSR count). The highest BCUT2D eigenvalue weighted by Crippen LogP contribution is 1.90. The van der Waals surface area contributed by atoms with E-state index in [2.05, 4.69) is 65.2 Å². The maximum atomic E-state index is 2.47. The first-order valence-corrected chi connectivity index (χ1v) is 10.1. The van der Waals surface area contributed by atoms with Crippen LogP contribution in [-0.4, -0.2) is 49.1 Å². The molecule has 0 unspecified atom stereocenters. The Labute approximate surface area is 145 Å². The summed E-state index contributed by atoms with van der Waals surface area (Å²) in [5, 5.41) is 0. The lowest BCUT2D eigenvalue weighted by Gasteiger charge is -2.23. The van der Waals surface area contributed by atoms with E-state index < -0.39 is 0 Å². The minimum atomic E-state index is 1.18. The van der Waals surface area contributed by atoms with E-state index in [-0.39, 0.29) is 0 Å². The predicted octanol–water partition coefficient (Wildman–Crippen LogP) is 6.56. The molecular weight excluding hydrogens is 268 g/mol. The molecule has 0 aliphatic heterocycles. The number of hydrogen-bond acceptors (Lipinski definition) is 2. The highest BCUT2D eigenvalue weighted by Gasteiger charge is 2.02. The van der Waals surface area contributed by atoms with Gasteiger partial charge in [-0.25, -0.2) is 0 Å². The van der Waals surface area contributed by atoms with Gasteiger partial charge in [0.05, 0.1) is 0 Å². The molecule has 0 aromatic carbocycles. The summed E-state index contributed by atoms with van der Waals surface area (Å²) in [4.78, 5) is 4.94. The number of nitrogens with zero attached hydrogens (tertiary/aromatic N) is 2. The summed E-state index contributed by atoms with van der Waals surface area (Å²) in [7, 11) is 0. The van der Waals surface area contributed by atoms with Crippen molar-refractivity contribution in [3.05, 3.63) is 0 Å². The molecule has 0 aliphatic rings. The molecule has 0 aromatic heterocycles. The van der Waals surface area contributed by atoms with Crippen LogP contribution in [0.4, 0.5) is 0 Å². The average molecular weight is 321 g/mol.